The summed E-state index contributed by atoms with van der Waals surface area (Å²) in [6.45, 7) is 0. The van der Waals surface area contributed by atoms with Gasteiger partial charge in [0.2, 0.25) is 0 Å². The number of oxime groups is 1. The molecule has 1 aliphatic rings. The van der Waals surface area contributed by atoms with Crippen LogP contribution in [0.2, 0.25) is 0 Å². The molecule has 0 atom stereocenters. The lowest BCUT2D eigenvalue weighted by Gasteiger charge is -2.22. The molecule has 1 aliphatic carbocycles. The molecular weight excluding hydrogens is 216 g/mol. The molecule has 0 radical (unpaired) electrons. The van der Waals surface area contributed by atoms with E-state index in [1.165, 1.54) is 0 Å². The molecule has 0 unspecified atom stereocenters. The standard InChI is InChI=1S/C8H10N4O2S/c9-8-10-7(12-15-8)6(4-13)11-14-5-2-1-3-5/h4-5H,1-3H2,(H2,9,10,12). The second kappa shape index (κ2) is 4.35. The Morgan fingerprint density at radius 1 is 1.67 bits per heavy atom. The smallest absolute Gasteiger partial charge is 0.200 e. The van der Waals surface area contributed by atoms with Gasteiger partial charge in [-0.1, -0.05) is 5.16 Å². The van der Waals surface area contributed by atoms with Crippen molar-refractivity contribution in [3.63, 3.8) is 0 Å². The zero-order valence-corrected chi connectivity index (χ0v) is 8.74. The van der Waals surface area contributed by atoms with E-state index in [0.717, 1.165) is 30.8 Å². The van der Waals surface area contributed by atoms with Gasteiger partial charge in [0.05, 0.1) is 0 Å². The highest BCUT2D eigenvalue weighted by atomic mass is 32.1. The molecule has 2 N–H and O–H groups in total. The summed E-state index contributed by atoms with van der Waals surface area (Å²) in [4.78, 5) is 19.7. The molecule has 1 aromatic heterocycles. The van der Waals surface area contributed by atoms with Crippen molar-refractivity contribution in [2.45, 2.75) is 25.4 Å². The summed E-state index contributed by atoms with van der Waals surface area (Å²) in [6.07, 6.45) is 3.83. The molecule has 7 heteroatoms. The SMILES string of the molecule is Nc1nc(C(C=O)=NOC2CCC2)ns1. The summed E-state index contributed by atoms with van der Waals surface area (Å²) in [6, 6.07) is 0. The Balaban J connectivity index is 2.05. The molecule has 6 nitrogen and oxygen atoms in total. The lowest BCUT2D eigenvalue weighted by molar-refractivity contribution is -0.103. The molecule has 1 heterocycles. The topological polar surface area (TPSA) is 90.5 Å². The minimum Gasteiger partial charge on any atom is -0.392 e. The minimum atomic E-state index is 0.0925. The Labute approximate surface area is 90.3 Å². The molecule has 1 saturated carbocycles. The third-order valence-electron chi connectivity index (χ3n) is 2.13. The summed E-state index contributed by atoms with van der Waals surface area (Å²) in [5.74, 6) is 0.229. The van der Waals surface area contributed by atoms with Crippen molar-refractivity contribution in [1.82, 2.24) is 9.36 Å². The third-order valence-corrected chi connectivity index (χ3v) is 2.68. The maximum atomic E-state index is 10.7. The molecule has 0 aromatic carbocycles. The zero-order valence-electron chi connectivity index (χ0n) is 7.92. The molecule has 0 saturated heterocycles. The number of anilines is 1. The summed E-state index contributed by atoms with van der Waals surface area (Å²) >= 11 is 1.02. The van der Waals surface area contributed by atoms with E-state index in [-0.39, 0.29) is 17.6 Å². The number of aldehydes is 1. The fourth-order valence-corrected chi connectivity index (χ4v) is 1.50. The fourth-order valence-electron chi connectivity index (χ4n) is 1.06. The molecule has 0 amide bonds. The third kappa shape index (κ3) is 2.30. The van der Waals surface area contributed by atoms with Crippen LogP contribution in [0.4, 0.5) is 5.13 Å². The maximum absolute atomic E-state index is 10.7. The summed E-state index contributed by atoms with van der Waals surface area (Å²) in [5.41, 5.74) is 5.49. The molecule has 80 valence electrons. The van der Waals surface area contributed by atoms with Gasteiger partial charge < -0.3 is 10.6 Å². The molecule has 0 spiro atoms. The van der Waals surface area contributed by atoms with Gasteiger partial charge in [-0.2, -0.15) is 9.36 Å². The van der Waals surface area contributed by atoms with Crippen LogP contribution < -0.4 is 5.73 Å². The van der Waals surface area contributed by atoms with E-state index in [9.17, 15) is 4.79 Å². The number of nitrogen functional groups attached to an aromatic ring is 1. The van der Waals surface area contributed by atoms with Crippen molar-refractivity contribution in [1.29, 1.82) is 0 Å². The van der Waals surface area contributed by atoms with Gasteiger partial charge in [0.25, 0.3) is 0 Å². The number of hydrogen-bond donors (Lipinski definition) is 1. The Morgan fingerprint density at radius 3 is 2.93 bits per heavy atom. The summed E-state index contributed by atoms with van der Waals surface area (Å²) in [7, 11) is 0. The number of rotatable bonds is 4. The van der Waals surface area contributed by atoms with Crippen molar-refractivity contribution in [2.24, 2.45) is 5.16 Å². The second-order valence-electron chi connectivity index (χ2n) is 3.21. The monoisotopic (exact) mass is 226 g/mol. The first-order valence-corrected chi connectivity index (χ1v) is 5.35. The molecule has 15 heavy (non-hydrogen) atoms. The Morgan fingerprint density at radius 2 is 2.47 bits per heavy atom. The average molecular weight is 226 g/mol. The van der Waals surface area contributed by atoms with Crippen molar-refractivity contribution in [3.05, 3.63) is 5.82 Å². The first-order valence-electron chi connectivity index (χ1n) is 4.58. The van der Waals surface area contributed by atoms with Gasteiger partial charge >= 0.3 is 0 Å². The van der Waals surface area contributed by atoms with Crippen LogP contribution in [0, 0.1) is 0 Å². The van der Waals surface area contributed by atoms with Crippen molar-refractivity contribution < 1.29 is 9.63 Å². The zero-order chi connectivity index (χ0) is 10.7. The van der Waals surface area contributed by atoms with E-state index in [1.807, 2.05) is 0 Å². The van der Waals surface area contributed by atoms with E-state index in [1.54, 1.807) is 0 Å². The van der Waals surface area contributed by atoms with Gasteiger partial charge in [-0.15, -0.1) is 0 Å². The Bertz CT molecular complexity index is 386. The van der Waals surface area contributed by atoms with Gasteiger partial charge in [-0.3, -0.25) is 4.79 Å². The van der Waals surface area contributed by atoms with Crippen molar-refractivity contribution in [2.75, 3.05) is 5.73 Å². The number of carbonyl (C=O) groups is 1. The number of carbonyl (C=O) groups excluding carboxylic acids is 1. The van der Waals surface area contributed by atoms with Crippen LogP contribution in [0.25, 0.3) is 0 Å². The molecule has 0 bridgehead atoms. The fraction of sp³-hybridized carbons (Fsp3) is 0.500. The molecule has 0 aliphatic heterocycles. The van der Waals surface area contributed by atoms with E-state index in [0.29, 0.717) is 11.4 Å². The molecular formula is C8H10N4O2S. The minimum absolute atomic E-state index is 0.0925. The van der Waals surface area contributed by atoms with E-state index >= 15 is 0 Å². The first kappa shape index (κ1) is 10.0. The first-order chi connectivity index (χ1) is 7.29. The number of nitrogens with zero attached hydrogens (tertiary/aromatic N) is 3. The molecule has 1 fully saturated rings. The highest BCUT2D eigenvalue weighted by molar-refractivity contribution is 7.09. The lowest BCUT2D eigenvalue weighted by atomic mass is 9.97. The van der Waals surface area contributed by atoms with Crippen molar-refractivity contribution >= 4 is 28.7 Å². The Kier molecular flexibility index (Phi) is 2.91. The van der Waals surface area contributed by atoms with Gasteiger partial charge in [0.1, 0.15) is 6.10 Å². The highest BCUT2D eigenvalue weighted by Crippen LogP contribution is 2.22. The predicted octanol–water partition coefficient (Wildman–Crippen LogP) is 0.592. The van der Waals surface area contributed by atoms with Crippen LogP contribution in [-0.4, -0.2) is 27.5 Å². The van der Waals surface area contributed by atoms with Crippen LogP contribution in [0.15, 0.2) is 5.16 Å². The van der Waals surface area contributed by atoms with Crippen molar-refractivity contribution in [3.8, 4) is 0 Å². The van der Waals surface area contributed by atoms with Crippen LogP contribution in [0.3, 0.4) is 0 Å². The van der Waals surface area contributed by atoms with Gasteiger partial charge in [-0.05, 0) is 19.3 Å². The normalized spacial score (nSPS) is 17.2. The quantitative estimate of drug-likeness (QED) is 0.461. The second-order valence-corrected chi connectivity index (χ2v) is 3.99. The Hall–Kier alpha value is -1.50. The summed E-state index contributed by atoms with van der Waals surface area (Å²) in [5, 5.41) is 4.03. The van der Waals surface area contributed by atoms with Gasteiger partial charge in [0.15, 0.2) is 23.0 Å². The highest BCUT2D eigenvalue weighted by Gasteiger charge is 2.19. The lowest BCUT2D eigenvalue weighted by Crippen LogP contribution is -2.20. The summed E-state index contributed by atoms with van der Waals surface area (Å²) < 4.78 is 3.87. The number of nitrogens with two attached hydrogens (primary N) is 1. The van der Waals surface area contributed by atoms with Crippen LogP contribution in [-0.2, 0) is 9.63 Å². The van der Waals surface area contributed by atoms with Crippen LogP contribution in [0.1, 0.15) is 25.1 Å². The van der Waals surface area contributed by atoms with Gasteiger partial charge in [0, 0.05) is 11.5 Å². The number of hydrogen-bond acceptors (Lipinski definition) is 7. The van der Waals surface area contributed by atoms with Gasteiger partial charge in [-0.25, -0.2) is 0 Å². The largest absolute Gasteiger partial charge is 0.392 e. The predicted molar refractivity (Wildman–Crippen MR) is 55.6 cm³/mol. The maximum Gasteiger partial charge on any atom is 0.200 e. The van der Waals surface area contributed by atoms with E-state index in [2.05, 4.69) is 14.5 Å². The van der Waals surface area contributed by atoms with E-state index in [4.69, 9.17) is 10.6 Å². The molecule has 2 rings (SSSR count). The molecule has 1 aromatic rings. The van der Waals surface area contributed by atoms with Crippen LogP contribution in [0.5, 0.6) is 0 Å². The average Bonchev–Trinajstić information content (AvgIpc) is 2.56. The van der Waals surface area contributed by atoms with E-state index < -0.39 is 0 Å². The number of aromatic nitrogens is 2. The van der Waals surface area contributed by atoms with Crippen LogP contribution >= 0.6 is 11.5 Å².